The molecule has 0 aromatic carbocycles. The van der Waals surface area contributed by atoms with Crippen molar-refractivity contribution < 1.29 is 9.21 Å². The summed E-state index contributed by atoms with van der Waals surface area (Å²) in [7, 11) is 0. The third-order valence-electron chi connectivity index (χ3n) is 3.91. The van der Waals surface area contributed by atoms with Crippen molar-refractivity contribution in [1.82, 2.24) is 9.88 Å². The molecule has 1 atom stereocenters. The van der Waals surface area contributed by atoms with Gasteiger partial charge in [0.25, 0.3) is 0 Å². The Bertz CT molecular complexity index is 621. The summed E-state index contributed by atoms with van der Waals surface area (Å²) in [6.07, 6.45) is 2.32. The van der Waals surface area contributed by atoms with E-state index in [0.717, 1.165) is 35.7 Å². The summed E-state index contributed by atoms with van der Waals surface area (Å²) in [5.41, 5.74) is 6.45. The molecule has 1 unspecified atom stereocenters. The zero-order valence-electron chi connectivity index (χ0n) is 12.0. The van der Waals surface area contributed by atoms with E-state index in [1.54, 1.807) is 11.3 Å². The lowest BCUT2D eigenvalue weighted by Gasteiger charge is -2.23. The molecular formula is C15H19N3O2S. The standard InChI is InChI=1S/C15H19N3O2S/c1-10-12(17-15(20-10)13-5-3-7-21-13)8-14(19)18-6-2-4-11(18)9-16/h3,5,7,11H,2,4,6,8-9,16H2,1H3. The second kappa shape index (κ2) is 5.99. The van der Waals surface area contributed by atoms with Gasteiger partial charge < -0.3 is 15.1 Å². The molecule has 6 heteroatoms. The predicted molar refractivity (Wildman–Crippen MR) is 82.0 cm³/mol. The van der Waals surface area contributed by atoms with Gasteiger partial charge >= 0.3 is 0 Å². The minimum Gasteiger partial charge on any atom is -0.440 e. The normalized spacial score (nSPS) is 18.4. The number of rotatable bonds is 4. The SMILES string of the molecule is Cc1oc(-c2cccs2)nc1CC(=O)N1CCCC1CN. The number of carbonyl (C=O) groups excluding carboxylic acids is 1. The van der Waals surface area contributed by atoms with E-state index < -0.39 is 0 Å². The highest BCUT2D eigenvalue weighted by molar-refractivity contribution is 7.13. The number of aromatic nitrogens is 1. The first-order valence-corrected chi connectivity index (χ1v) is 8.06. The lowest BCUT2D eigenvalue weighted by atomic mass is 10.2. The summed E-state index contributed by atoms with van der Waals surface area (Å²) < 4.78 is 5.68. The fraction of sp³-hybridized carbons (Fsp3) is 0.467. The van der Waals surface area contributed by atoms with E-state index in [9.17, 15) is 4.79 Å². The van der Waals surface area contributed by atoms with E-state index in [2.05, 4.69) is 4.98 Å². The first-order chi connectivity index (χ1) is 10.2. The molecule has 1 aliphatic rings. The molecule has 21 heavy (non-hydrogen) atoms. The average molecular weight is 305 g/mol. The number of thiophene rings is 1. The second-order valence-corrected chi connectivity index (χ2v) is 6.24. The highest BCUT2D eigenvalue weighted by Crippen LogP contribution is 2.26. The average Bonchev–Trinajstić information content (AvgIpc) is 3.18. The van der Waals surface area contributed by atoms with Gasteiger partial charge in [0, 0.05) is 19.1 Å². The number of nitrogens with two attached hydrogens (primary N) is 1. The molecule has 0 saturated carbocycles. The van der Waals surface area contributed by atoms with Crippen LogP contribution < -0.4 is 5.73 Å². The van der Waals surface area contributed by atoms with Crippen molar-refractivity contribution in [2.45, 2.75) is 32.2 Å². The van der Waals surface area contributed by atoms with Gasteiger partial charge in [-0.1, -0.05) is 6.07 Å². The van der Waals surface area contributed by atoms with Crippen molar-refractivity contribution >= 4 is 17.2 Å². The Balaban J connectivity index is 1.74. The maximum Gasteiger partial charge on any atom is 0.236 e. The fourth-order valence-corrected chi connectivity index (χ4v) is 3.40. The van der Waals surface area contributed by atoms with Crippen molar-refractivity contribution in [3.05, 3.63) is 29.0 Å². The van der Waals surface area contributed by atoms with Crippen molar-refractivity contribution in [1.29, 1.82) is 0 Å². The summed E-state index contributed by atoms with van der Waals surface area (Å²) in [4.78, 5) is 19.8. The molecule has 3 heterocycles. The second-order valence-electron chi connectivity index (χ2n) is 5.29. The molecule has 1 amide bonds. The number of hydrogen-bond acceptors (Lipinski definition) is 5. The summed E-state index contributed by atoms with van der Waals surface area (Å²) >= 11 is 1.58. The van der Waals surface area contributed by atoms with Crippen LogP contribution in [0.25, 0.3) is 10.8 Å². The Labute approximate surface area is 127 Å². The molecule has 5 nitrogen and oxygen atoms in total. The predicted octanol–water partition coefficient (Wildman–Crippen LogP) is 2.20. The largest absolute Gasteiger partial charge is 0.440 e. The van der Waals surface area contributed by atoms with Crippen LogP contribution in [-0.2, 0) is 11.2 Å². The first-order valence-electron chi connectivity index (χ1n) is 7.18. The molecule has 1 saturated heterocycles. The third-order valence-corrected chi connectivity index (χ3v) is 4.77. The topological polar surface area (TPSA) is 72.4 Å². The maximum absolute atomic E-state index is 12.4. The molecule has 2 aromatic rings. The zero-order valence-corrected chi connectivity index (χ0v) is 12.9. The molecule has 0 bridgehead atoms. The lowest BCUT2D eigenvalue weighted by molar-refractivity contribution is -0.131. The first kappa shape index (κ1) is 14.3. The van der Waals surface area contributed by atoms with Gasteiger partial charge in [-0.2, -0.15) is 0 Å². The van der Waals surface area contributed by atoms with Gasteiger partial charge in [-0.25, -0.2) is 4.98 Å². The smallest absolute Gasteiger partial charge is 0.236 e. The highest BCUT2D eigenvalue weighted by Gasteiger charge is 2.28. The van der Waals surface area contributed by atoms with Gasteiger partial charge in [-0.3, -0.25) is 4.79 Å². The van der Waals surface area contributed by atoms with Crippen LogP contribution in [0.4, 0.5) is 0 Å². The van der Waals surface area contributed by atoms with Gasteiger partial charge in [0.1, 0.15) is 5.76 Å². The van der Waals surface area contributed by atoms with Crippen LogP contribution in [0, 0.1) is 6.92 Å². The van der Waals surface area contributed by atoms with E-state index in [1.165, 1.54) is 0 Å². The molecule has 2 aromatic heterocycles. The van der Waals surface area contributed by atoms with E-state index in [1.807, 2.05) is 29.3 Å². The minimum absolute atomic E-state index is 0.0945. The number of hydrogen-bond donors (Lipinski definition) is 1. The van der Waals surface area contributed by atoms with Gasteiger partial charge in [-0.05, 0) is 31.2 Å². The number of likely N-dealkylation sites (tertiary alicyclic amines) is 1. The van der Waals surface area contributed by atoms with Gasteiger partial charge in [0.2, 0.25) is 11.8 Å². The van der Waals surface area contributed by atoms with Crippen molar-refractivity contribution in [3.63, 3.8) is 0 Å². The Kier molecular flexibility index (Phi) is 4.07. The number of oxazole rings is 1. The third kappa shape index (κ3) is 2.87. The molecule has 1 fully saturated rings. The molecule has 0 aliphatic carbocycles. The number of carbonyl (C=O) groups is 1. The lowest BCUT2D eigenvalue weighted by Crippen LogP contribution is -2.40. The molecule has 2 N–H and O–H groups in total. The van der Waals surface area contributed by atoms with E-state index in [-0.39, 0.29) is 18.4 Å². The summed E-state index contributed by atoms with van der Waals surface area (Å²) in [5.74, 6) is 1.41. The number of nitrogens with zero attached hydrogens (tertiary/aromatic N) is 2. The van der Waals surface area contributed by atoms with Gasteiger partial charge in [-0.15, -0.1) is 11.3 Å². The van der Waals surface area contributed by atoms with Gasteiger partial charge in [0.05, 0.1) is 17.0 Å². The minimum atomic E-state index is 0.0945. The fourth-order valence-electron chi connectivity index (χ4n) is 2.75. The zero-order chi connectivity index (χ0) is 14.8. The number of aryl methyl sites for hydroxylation is 1. The Hall–Kier alpha value is -1.66. The van der Waals surface area contributed by atoms with Crippen molar-refractivity contribution in [2.24, 2.45) is 5.73 Å². The monoisotopic (exact) mass is 305 g/mol. The van der Waals surface area contributed by atoms with E-state index in [4.69, 9.17) is 10.2 Å². The Morgan fingerprint density at radius 2 is 2.48 bits per heavy atom. The Morgan fingerprint density at radius 3 is 3.19 bits per heavy atom. The van der Waals surface area contributed by atoms with Crippen molar-refractivity contribution in [2.75, 3.05) is 13.1 Å². The van der Waals surface area contributed by atoms with Crippen LogP contribution in [0.15, 0.2) is 21.9 Å². The molecule has 1 aliphatic heterocycles. The summed E-state index contributed by atoms with van der Waals surface area (Å²) in [6.45, 7) is 3.19. The quantitative estimate of drug-likeness (QED) is 0.940. The molecule has 112 valence electrons. The van der Waals surface area contributed by atoms with Gasteiger partial charge in [0.15, 0.2) is 0 Å². The van der Waals surface area contributed by atoms with Crippen LogP contribution in [0.5, 0.6) is 0 Å². The van der Waals surface area contributed by atoms with E-state index >= 15 is 0 Å². The summed E-state index contributed by atoms with van der Waals surface area (Å²) in [5, 5.41) is 1.98. The Morgan fingerprint density at radius 1 is 1.62 bits per heavy atom. The molecule has 0 spiro atoms. The number of amides is 1. The highest BCUT2D eigenvalue weighted by atomic mass is 32.1. The van der Waals surface area contributed by atoms with Crippen LogP contribution in [0.1, 0.15) is 24.3 Å². The molecule has 0 radical (unpaired) electrons. The van der Waals surface area contributed by atoms with Crippen LogP contribution in [-0.4, -0.2) is 34.9 Å². The maximum atomic E-state index is 12.4. The molecular weight excluding hydrogens is 286 g/mol. The van der Waals surface area contributed by atoms with E-state index in [0.29, 0.717) is 12.4 Å². The molecule has 3 rings (SSSR count). The van der Waals surface area contributed by atoms with Crippen molar-refractivity contribution in [3.8, 4) is 10.8 Å². The van der Waals surface area contributed by atoms with Crippen LogP contribution in [0.3, 0.4) is 0 Å². The van der Waals surface area contributed by atoms with Crippen LogP contribution >= 0.6 is 11.3 Å². The van der Waals surface area contributed by atoms with Crippen LogP contribution in [0.2, 0.25) is 0 Å². The summed E-state index contributed by atoms with van der Waals surface area (Å²) in [6, 6.07) is 4.11.